The molecular weight excluding hydrogens is 358 g/mol. The number of nitrogens with zero attached hydrogens (tertiary/aromatic N) is 2. The largest absolute Gasteiger partial charge is 0.469 e. The van der Waals surface area contributed by atoms with Crippen LogP contribution in [-0.4, -0.2) is 67.5 Å². The molecule has 3 amide bonds. The molecule has 7 nitrogen and oxygen atoms in total. The smallest absolute Gasteiger partial charge is 0.317 e. The molecule has 0 atom stereocenters. The van der Waals surface area contributed by atoms with Crippen LogP contribution in [0.4, 0.5) is 4.79 Å². The van der Waals surface area contributed by atoms with Crippen molar-refractivity contribution in [2.45, 2.75) is 19.3 Å². The third-order valence-electron chi connectivity index (χ3n) is 4.24. The number of carbonyl (C=O) groups excluding carboxylic acids is 3. The van der Waals surface area contributed by atoms with Crippen LogP contribution < -0.4 is 5.32 Å². The van der Waals surface area contributed by atoms with E-state index in [0.717, 1.165) is 0 Å². The van der Waals surface area contributed by atoms with Gasteiger partial charge in [-0.1, -0.05) is 17.7 Å². The number of unbranched alkanes of at least 4 members (excludes halogenated alkanes) is 1. The number of rotatable bonds is 6. The van der Waals surface area contributed by atoms with Crippen LogP contribution in [0.1, 0.15) is 29.6 Å². The van der Waals surface area contributed by atoms with Gasteiger partial charge < -0.3 is 19.9 Å². The fourth-order valence-corrected chi connectivity index (χ4v) is 2.91. The summed E-state index contributed by atoms with van der Waals surface area (Å²) in [5.74, 6) is -0.313. The molecular formula is C18H24ClN3O4. The molecule has 0 bridgehead atoms. The molecule has 1 saturated heterocycles. The van der Waals surface area contributed by atoms with Crippen LogP contribution in [0.3, 0.4) is 0 Å². The highest BCUT2D eigenvalue weighted by molar-refractivity contribution is 6.30. The van der Waals surface area contributed by atoms with Crippen molar-refractivity contribution in [3.05, 3.63) is 34.9 Å². The number of esters is 1. The van der Waals surface area contributed by atoms with Gasteiger partial charge in [-0.05, 0) is 31.0 Å². The second-order valence-corrected chi connectivity index (χ2v) is 6.49. The number of methoxy groups -OCH3 is 1. The second kappa shape index (κ2) is 10.0. The number of piperazine rings is 1. The van der Waals surface area contributed by atoms with Gasteiger partial charge in [-0.15, -0.1) is 0 Å². The molecule has 0 unspecified atom stereocenters. The van der Waals surface area contributed by atoms with E-state index in [2.05, 4.69) is 10.1 Å². The predicted molar refractivity (Wildman–Crippen MR) is 98.2 cm³/mol. The van der Waals surface area contributed by atoms with Gasteiger partial charge >= 0.3 is 12.0 Å². The van der Waals surface area contributed by atoms with Crippen molar-refractivity contribution in [3.8, 4) is 0 Å². The van der Waals surface area contributed by atoms with Crippen LogP contribution in [0, 0.1) is 0 Å². The van der Waals surface area contributed by atoms with Crippen molar-refractivity contribution < 1.29 is 19.1 Å². The van der Waals surface area contributed by atoms with Gasteiger partial charge in [-0.25, -0.2) is 4.79 Å². The molecule has 2 rings (SSSR count). The highest BCUT2D eigenvalue weighted by atomic mass is 35.5. The quantitative estimate of drug-likeness (QED) is 0.605. The Morgan fingerprint density at radius 2 is 1.81 bits per heavy atom. The number of benzene rings is 1. The predicted octanol–water partition coefficient (Wildman–Crippen LogP) is 2.15. The van der Waals surface area contributed by atoms with Gasteiger partial charge in [-0.3, -0.25) is 9.59 Å². The molecule has 8 heteroatoms. The molecule has 1 N–H and O–H groups in total. The lowest BCUT2D eigenvalue weighted by atomic mass is 10.2. The number of hydrogen-bond acceptors (Lipinski definition) is 4. The van der Waals surface area contributed by atoms with Gasteiger partial charge in [-0.2, -0.15) is 0 Å². The Hall–Kier alpha value is -2.28. The molecule has 1 aromatic carbocycles. The summed E-state index contributed by atoms with van der Waals surface area (Å²) < 4.78 is 4.57. The van der Waals surface area contributed by atoms with E-state index in [0.29, 0.717) is 62.6 Å². The minimum absolute atomic E-state index is 0.0737. The topological polar surface area (TPSA) is 79.0 Å². The zero-order valence-electron chi connectivity index (χ0n) is 14.9. The molecule has 1 fully saturated rings. The minimum Gasteiger partial charge on any atom is -0.469 e. The molecule has 26 heavy (non-hydrogen) atoms. The van der Waals surface area contributed by atoms with E-state index in [9.17, 15) is 14.4 Å². The molecule has 0 aromatic heterocycles. The Morgan fingerprint density at radius 1 is 1.12 bits per heavy atom. The van der Waals surface area contributed by atoms with Crippen molar-refractivity contribution in [2.24, 2.45) is 0 Å². The van der Waals surface area contributed by atoms with E-state index in [1.165, 1.54) is 7.11 Å². The maximum atomic E-state index is 12.5. The minimum atomic E-state index is -0.239. The molecule has 1 heterocycles. The van der Waals surface area contributed by atoms with Gasteiger partial charge in [0.2, 0.25) is 0 Å². The van der Waals surface area contributed by atoms with Crippen LogP contribution in [0.5, 0.6) is 0 Å². The third-order valence-corrected chi connectivity index (χ3v) is 4.47. The van der Waals surface area contributed by atoms with Crippen molar-refractivity contribution in [2.75, 3.05) is 39.8 Å². The number of hydrogen-bond donors (Lipinski definition) is 1. The summed E-state index contributed by atoms with van der Waals surface area (Å²) in [6, 6.07) is 6.72. The Labute approximate surface area is 158 Å². The molecule has 0 spiro atoms. The number of amides is 3. The van der Waals surface area contributed by atoms with Gasteiger partial charge in [0.05, 0.1) is 7.11 Å². The maximum absolute atomic E-state index is 12.5. The highest BCUT2D eigenvalue weighted by Crippen LogP contribution is 2.14. The number of halogens is 1. The second-order valence-electron chi connectivity index (χ2n) is 6.05. The molecule has 1 aliphatic rings. The zero-order valence-corrected chi connectivity index (χ0v) is 15.6. The van der Waals surface area contributed by atoms with Crippen molar-refractivity contribution in [3.63, 3.8) is 0 Å². The van der Waals surface area contributed by atoms with E-state index in [-0.39, 0.29) is 17.9 Å². The molecule has 1 aliphatic heterocycles. The van der Waals surface area contributed by atoms with Gasteiger partial charge in [0.1, 0.15) is 0 Å². The van der Waals surface area contributed by atoms with E-state index < -0.39 is 0 Å². The summed E-state index contributed by atoms with van der Waals surface area (Å²) in [5, 5.41) is 3.37. The normalized spacial score (nSPS) is 14.1. The highest BCUT2D eigenvalue weighted by Gasteiger charge is 2.24. The first-order valence-corrected chi connectivity index (χ1v) is 9.03. The van der Waals surface area contributed by atoms with E-state index in [4.69, 9.17) is 11.6 Å². The van der Waals surface area contributed by atoms with Crippen molar-refractivity contribution >= 4 is 29.5 Å². The van der Waals surface area contributed by atoms with Crippen LogP contribution in [0.2, 0.25) is 5.02 Å². The first-order chi connectivity index (χ1) is 12.5. The van der Waals surface area contributed by atoms with Gasteiger partial charge in [0.15, 0.2) is 0 Å². The molecule has 0 saturated carbocycles. The van der Waals surface area contributed by atoms with Crippen molar-refractivity contribution in [1.29, 1.82) is 0 Å². The van der Waals surface area contributed by atoms with Crippen LogP contribution >= 0.6 is 11.6 Å². The summed E-state index contributed by atoms with van der Waals surface area (Å²) in [6.07, 6.45) is 1.75. The molecule has 0 radical (unpaired) electrons. The summed E-state index contributed by atoms with van der Waals surface area (Å²) in [5.41, 5.74) is 0.556. The van der Waals surface area contributed by atoms with Crippen molar-refractivity contribution in [1.82, 2.24) is 15.1 Å². The summed E-state index contributed by atoms with van der Waals surface area (Å²) >= 11 is 5.93. The van der Waals surface area contributed by atoms with E-state index in [1.54, 1.807) is 34.1 Å². The number of nitrogens with one attached hydrogen (secondary N) is 1. The van der Waals surface area contributed by atoms with Gasteiger partial charge in [0, 0.05) is 49.7 Å². The number of carbonyl (C=O) groups is 3. The SMILES string of the molecule is COC(=O)CCCCNC(=O)N1CCN(C(=O)c2cccc(Cl)c2)CC1. The number of urea groups is 1. The maximum Gasteiger partial charge on any atom is 0.317 e. The molecule has 142 valence electrons. The van der Waals surface area contributed by atoms with E-state index in [1.807, 2.05) is 0 Å². The standard InChI is InChI=1S/C18H24ClN3O4/c1-26-16(23)7-2-3-8-20-18(25)22-11-9-21(10-12-22)17(24)14-5-4-6-15(19)13-14/h4-6,13H,2-3,7-12H2,1H3,(H,20,25). The monoisotopic (exact) mass is 381 g/mol. The lowest BCUT2D eigenvalue weighted by Crippen LogP contribution is -2.53. The lowest BCUT2D eigenvalue weighted by molar-refractivity contribution is -0.140. The molecule has 1 aromatic rings. The first kappa shape index (κ1) is 20.0. The zero-order chi connectivity index (χ0) is 18.9. The summed E-state index contributed by atoms with van der Waals surface area (Å²) in [4.78, 5) is 39.0. The fraction of sp³-hybridized carbons (Fsp3) is 0.500. The Morgan fingerprint density at radius 3 is 2.46 bits per heavy atom. The van der Waals surface area contributed by atoms with Gasteiger partial charge in [0.25, 0.3) is 5.91 Å². The van der Waals surface area contributed by atoms with Crippen LogP contribution in [0.15, 0.2) is 24.3 Å². The molecule has 0 aliphatic carbocycles. The summed E-state index contributed by atoms with van der Waals surface area (Å²) in [6.45, 7) is 2.46. The average molecular weight is 382 g/mol. The Bertz CT molecular complexity index is 645. The Balaban J connectivity index is 1.69. The van der Waals surface area contributed by atoms with Crippen LogP contribution in [-0.2, 0) is 9.53 Å². The fourth-order valence-electron chi connectivity index (χ4n) is 2.72. The third kappa shape index (κ3) is 5.91. The Kier molecular flexibility index (Phi) is 7.72. The van der Waals surface area contributed by atoms with E-state index >= 15 is 0 Å². The number of ether oxygens (including phenoxy) is 1. The lowest BCUT2D eigenvalue weighted by Gasteiger charge is -2.34. The summed E-state index contributed by atoms with van der Waals surface area (Å²) in [7, 11) is 1.36. The average Bonchev–Trinajstić information content (AvgIpc) is 2.66. The first-order valence-electron chi connectivity index (χ1n) is 8.65. The van der Waals surface area contributed by atoms with Crippen LogP contribution in [0.25, 0.3) is 0 Å².